The minimum absolute atomic E-state index is 0.0161. The van der Waals surface area contributed by atoms with Crippen molar-refractivity contribution in [2.24, 2.45) is 0 Å². The number of urea groups is 1. The zero-order valence-electron chi connectivity index (χ0n) is 10.2. The Balaban J connectivity index is 2.56. The Morgan fingerprint density at radius 1 is 1.44 bits per heavy atom. The average Bonchev–Trinajstić information content (AvgIpc) is 2.35. The van der Waals surface area contributed by atoms with Gasteiger partial charge in [-0.15, -0.1) is 0 Å². The number of carbonyl (C=O) groups is 2. The van der Waals surface area contributed by atoms with Gasteiger partial charge in [0.1, 0.15) is 11.9 Å². The molecule has 1 atom stereocenters. The van der Waals surface area contributed by atoms with E-state index in [0.717, 1.165) is 4.90 Å². The van der Waals surface area contributed by atoms with E-state index in [1.165, 1.54) is 20.0 Å². The first kappa shape index (κ1) is 14.0. The SMILES string of the molecule is CC(C(=O)O)N(C)C(=O)NCc1ccccc1F. The second-order valence-electron chi connectivity index (χ2n) is 3.88. The molecule has 0 spiro atoms. The molecule has 0 aliphatic carbocycles. The summed E-state index contributed by atoms with van der Waals surface area (Å²) in [6.45, 7) is 1.41. The van der Waals surface area contributed by atoms with E-state index in [1.807, 2.05) is 0 Å². The van der Waals surface area contributed by atoms with E-state index < -0.39 is 23.9 Å². The van der Waals surface area contributed by atoms with E-state index in [-0.39, 0.29) is 6.54 Å². The Morgan fingerprint density at radius 2 is 2.06 bits per heavy atom. The lowest BCUT2D eigenvalue weighted by Crippen LogP contribution is -2.45. The Hall–Kier alpha value is -2.11. The van der Waals surface area contributed by atoms with Gasteiger partial charge in [0.15, 0.2) is 0 Å². The molecule has 6 heteroatoms. The van der Waals surface area contributed by atoms with Crippen molar-refractivity contribution in [3.05, 3.63) is 35.6 Å². The van der Waals surface area contributed by atoms with Crippen molar-refractivity contribution in [2.75, 3.05) is 7.05 Å². The summed E-state index contributed by atoms with van der Waals surface area (Å²) in [4.78, 5) is 23.3. The van der Waals surface area contributed by atoms with Crippen LogP contribution in [0.1, 0.15) is 12.5 Å². The molecule has 98 valence electrons. The third-order valence-corrected chi connectivity index (χ3v) is 2.65. The highest BCUT2D eigenvalue weighted by molar-refractivity contribution is 5.82. The largest absolute Gasteiger partial charge is 0.480 e. The summed E-state index contributed by atoms with van der Waals surface area (Å²) in [6, 6.07) is 4.56. The first-order valence-electron chi connectivity index (χ1n) is 5.40. The second-order valence-corrected chi connectivity index (χ2v) is 3.88. The van der Waals surface area contributed by atoms with Crippen molar-refractivity contribution in [3.63, 3.8) is 0 Å². The van der Waals surface area contributed by atoms with Crippen LogP contribution in [0.5, 0.6) is 0 Å². The summed E-state index contributed by atoms with van der Waals surface area (Å²) >= 11 is 0. The molecule has 2 amide bonds. The van der Waals surface area contributed by atoms with E-state index in [9.17, 15) is 14.0 Å². The summed E-state index contributed by atoms with van der Waals surface area (Å²) in [5.74, 6) is -1.51. The molecule has 0 aromatic heterocycles. The lowest BCUT2D eigenvalue weighted by atomic mass is 10.2. The third-order valence-electron chi connectivity index (χ3n) is 2.65. The van der Waals surface area contributed by atoms with Crippen LogP contribution in [0, 0.1) is 5.82 Å². The number of carboxylic acids is 1. The number of halogens is 1. The van der Waals surface area contributed by atoms with Gasteiger partial charge in [-0.3, -0.25) is 0 Å². The molecule has 0 bridgehead atoms. The van der Waals surface area contributed by atoms with E-state index in [1.54, 1.807) is 18.2 Å². The van der Waals surface area contributed by atoms with Gasteiger partial charge in [-0.2, -0.15) is 0 Å². The molecule has 1 rings (SSSR count). The van der Waals surface area contributed by atoms with Crippen molar-refractivity contribution in [1.29, 1.82) is 0 Å². The fraction of sp³-hybridized carbons (Fsp3) is 0.333. The van der Waals surface area contributed by atoms with Crippen LogP contribution in [0.25, 0.3) is 0 Å². The molecular formula is C12H15FN2O3. The Labute approximate surface area is 104 Å². The number of carbonyl (C=O) groups excluding carboxylic acids is 1. The number of likely N-dealkylation sites (N-methyl/N-ethyl adjacent to an activating group) is 1. The molecule has 0 aliphatic rings. The van der Waals surface area contributed by atoms with Gasteiger partial charge in [-0.25, -0.2) is 14.0 Å². The summed E-state index contributed by atoms with van der Waals surface area (Å²) in [5.41, 5.74) is 0.349. The topological polar surface area (TPSA) is 69.6 Å². The van der Waals surface area contributed by atoms with Crippen molar-refractivity contribution in [3.8, 4) is 0 Å². The molecule has 0 radical (unpaired) electrons. The molecular weight excluding hydrogens is 239 g/mol. The summed E-state index contributed by atoms with van der Waals surface area (Å²) in [6.07, 6.45) is 0. The Kier molecular flexibility index (Phi) is 4.65. The van der Waals surface area contributed by atoms with Crippen molar-refractivity contribution >= 4 is 12.0 Å². The van der Waals surface area contributed by atoms with Gasteiger partial charge in [-0.1, -0.05) is 18.2 Å². The van der Waals surface area contributed by atoms with E-state index in [4.69, 9.17) is 5.11 Å². The predicted molar refractivity (Wildman–Crippen MR) is 63.5 cm³/mol. The molecule has 5 nitrogen and oxygen atoms in total. The molecule has 1 unspecified atom stereocenters. The van der Waals surface area contributed by atoms with Crippen LogP contribution in [0.4, 0.5) is 9.18 Å². The number of hydrogen-bond donors (Lipinski definition) is 2. The van der Waals surface area contributed by atoms with Crippen LogP contribution < -0.4 is 5.32 Å². The molecule has 0 aliphatic heterocycles. The third kappa shape index (κ3) is 3.44. The zero-order valence-corrected chi connectivity index (χ0v) is 10.2. The van der Waals surface area contributed by atoms with Crippen molar-refractivity contribution in [2.45, 2.75) is 19.5 Å². The predicted octanol–water partition coefficient (Wildman–Crippen LogP) is 1.44. The number of benzene rings is 1. The number of aliphatic carboxylic acids is 1. The number of rotatable bonds is 4. The average molecular weight is 254 g/mol. The lowest BCUT2D eigenvalue weighted by Gasteiger charge is -2.21. The fourth-order valence-electron chi connectivity index (χ4n) is 1.28. The summed E-state index contributed by atoms with van der Waals surface area (Å²) in [7, 11) is 1.37. The number of amides is 2. The van der Waals surface area contributed by atoms with Crippen LogP contribution in [0.15, 0.2) is 24.3 Å². The minimum Gasteiger partial charge on any atom is -0.480 e. The van der Waals surface area contributed by atoms with E-state index in [0.29, 0.717) is 5.56 Å². The Morgan fingerprint density at radius 3 is 2.61 bits per heavy atom. The van der Waals surface area contributed by atoms with Gasteiger partial charge < -0.3 is 15.3 Å². The van der Waals surface area contributed by atoms with Crippen LogP contribution in [0.3, 0.4) is 0 Å². The van der Waals surface area contributed by atoms with Gasteiger partial charge in [0, 0.05) is 19.2 Å². The summed E-state index contributed by atoms with van der Waals surface area (Å²) in [5, 5.41) is 11.2. The first-order valence-corrected chi connectivity index (χ1v) is 5.40. The highest BCUT2D eigenvalue weighted by Gasteiger charge is 2.21. The van der Waals surface area contributed by atoms with Gasteiger partial charge in [0.05, 0.1) is 0 Å². The van der Waals surface area contributed by atoms with Crippen LogP contribution >= 0.6 is 0 Å². The van der Waals surface area contributed by atoms with Gasteiger partial charge >= 0.3 is 12.0 Å². The quantitative estimate of drug-likeness (QED) is 0.854. The number of nitrogens with zero attached hydrogens (tertiary/aromatic N) is 1. The molecule has 18 heavy (non-hydrogen) atoms. The lowest BCUT2D eigenvalue weighted by molar-refractivity contribution is -0.141. The smallest absolute Gasteiger partial charge is 0.326 e. The zero-order chi connectivity index (χ0) is 13.7. The van der Waals surface area contributed by atoms with Crippen molar-refractivity contribution in [1.82, 2.24) is 10.2 Å². The maximum atomic E-state index is 13.3. The monoisotopic (exact) mass is 254 g/mol. The maximum absolute atomic E-state index is 13.3. The standard InChI is InChI=1S/C12H15FN2O3/c1-8(11(16)17)15(2)12(18)14-7-9-5-3-4-6-10(9)13/h3-6,8H,7H2,1-2H3,(H,14,18)(H,16,17). The number of nitrogens with one attached hydrogen (secondary N) is 1. The van der Waals surface area contributed by atoms with Gasteiger partial charge in [0.2, 0.25) is 0 Å². The molecule has 1 aromatic carbocycles. The first-order chi connectivity index (χ1) is 8.43. The minimum atomic E-state index is -1.10. The highest BCUT2D eigenvalue weighted by atomic mass is 19.1. The normalized spacial score (nSPS) is 11.7. The van der Waals surface area contributed by atoms with E-state index in [2.05, 4.69) is 5.32 Å². The Bertz CT molecular complexity index is 451. The molecule has 1 aromatic rings. The van der Waals surface area contributed by atoms with Crippen LogP contribution in [-0.2, 0) is 11.3 Å². The van der Waals surface area contributed by atoms with Gasteiger partial charge in [-0.05, 0) is 13.0 Å². The molecule has 0 saturated carbocycles. The van der Waals surface area contributed by atoms with E-state index >= 15 is 0 Å². The molecule has 0 heterocycles. The van der Waals surface area contributed by atoms with Gasteiger partial charge in [0.25, 0.3) is 0 Å². The number of carboxylic acid groups (broad SMARTS) is 1. The molecule has 0 saturated heterocycles. The van der Waals surface area contributed by atoms with Crippen LogP contribution in [-0.4, -0.2) is 35.1 Å². The van der Waals surface area contributed by atoms with Crippen LogP contribution in [0.2, 0.25) is 0 Å². The highest BCUT2D eigenvalue weighted by Crippen LogP contribution is 2.06. The van der Waals surface area contributed by atoms with Crippen molar-refractivity contribution < 1.29 is 19.1 Å². The molecule has 0 fully saturated rings. The fourth-order valence-corrected chi connectivity index (χ4v) is 1.28. The second kappa shape index (κ2) is 6.00. The number of hydrogen-bond acceptors (Lipinski definition) is 2. The summed E-state index contributed by atoms with van der Waals surface area (Å²) < 4.78 is 13.3. The molecule has 2 N–H and O–H groups in total. The maximum Gasteiger partial charge on any atom is 0.326 e.